The van der Waals surface area contributed by atoms with Gasteiger partial charge in [0, 0.05) is 32.2 Å². The van der Waals surface area contributed by atoms with E-state index in [0.717, 1.165) is 24.3 Å². The van der Waals surface area contributed by atoms with E-state index in [1.165, 1.54) is 4.90 Å². The molecule has 12 heteroatoms. The molecule has 1 N–H and O–H groups in total. The van der Waals surface area contributed by atoms with Crippen LogP contribution in [-0.4, -0.2) is 75.4 Å². The van der Waals surface area contributed by atoms with Crippen molar-refractivity contribution < 1.29 is 27.2 Å². The highest BCUT2D eigenvalue weighted by Gasteiger charge is 2.43. The number of hydrogen-bond acceptors (Lipinski definition) is 5. The standard InChI is InChI=1S/C19H22F4N6O2/c1-12(2)24-15(30)11-27-7-9-28(10-8-27)18(31)16-17(19(21,22)23)29(26-25-16)14-5-3-13(20)4-6-14/h3-6,12H,7-11H2,1-2H3,(H,24,30). The van der Waals surface area contributed by atoms with Crippen molar-refractivity contribution in [2.24, 2.45) is 0 Å². The van der Waals surface area contributed by atoms with E-state index in [9.17, 15) is 27.2 Å². The predicted octanol–water partition coefficient (Wildman–Crippen LogP) is 1.71. The highest BCUT2D eigenvalue weighted by molar-refractivity contribution is 5.93. The Kier molecular flexibility index (Phi) is 6.58. The lowest BCUT2D eigenvalue weighted by Crippen LogP contribution is -2.51. The van der Waals surface area contributed by atoms with E-state index in [4.69, 9.17) is 0 Å². The zero-order valence-corrected chi connectivity index (χ0v) is 17.0. The van der Waals surface area contributed by atoms with Gasteiger partial charge in [0.1, 0.15) is 5.82 Å². The van der Waals surface area contributed by atoms with Crippen molar-refractivity contribution in [3.63, 3.8) is 0 Å². The maximum absolute atomic E-state index is 13.7. The van der Waals surface area contributed by atoms with Gasteiger partial charge >= 0.3 is 6.18 Å². The first-order valence-corrected chi connectivity index (χ1v) is 9.66. The minimum absolute atomic E-state index is 0.000116. The van der Waals surface area contributed by atoms with Crippen LogP contribution < -0.4 is 5.32 Å². The summed E-state index contributed by atoms with van der Waals surface area (Å²) in [4.78, 5) is 27.7. The van der Waals surface area contributed by atoms with Crippen molar-refractivity contribution in [1.82, 2.24) is 30.1 Å². The summed E-state index contributed by atoms with van der Waals surface area (Å²) in [6.45, 7) is 4.80. The predicted molar refractivity (Wildman–Crippen MR) is 102 cm³/mol. The molecule has 0 radical (unpaired) electrons. The molecule has 0 unspecified atom stereocenters. The van der Waals surface area contributed by atoms with Crippen LogP contribution in [0.15, 0.2) is 24.3 Å². The Morgan fingerprint density at radius 2 is 1.71 bits per heavy atom. The maximum Gasteiger partial charge on any atom is 0.435 e. The Morgan fingerprint density at radius 1 is 1.10 bits per heavy atom. The number of aromatic nitrogens is 3. The number of benzene rings is 1. The number of hydrogen-bond donors (Lipinski definition) is 1. The van der Waals surface area contributed by atoms with Gasteiger partial charge in [-0.3, -0.25) is 14.5 Å². The fourth-order valence-corrected chi connectivity index (χ4v) is 3.27. The molecule has 0 bridgehead atoms. The SMILES string of the molecule is CC(C)NC(=O)CN1CCN(C(=O)c2nnn(-c3ccc(F)cc3)c2C(F)(F)F)CC1. The van der Waals surface area contributed by atoms with Crippen LogP contribution in [-0.2, 0) is 11.0 Å². The highest BCUT2D eigenvalue weighted by Crippen LogP contribution is 2.33. The van der Waals surface area contributed by atoms with Gasteiger partial charge < -0.3 is 10.2 Å². The van der Waals surface area contributed by atoms with Crippen LogP contribution in [0.1, 0.15) is 30.0 Å². The second kappa shape index (κ2) is 9.00. The molecule has 2 amide bonds. The van der Waals surface area contributed by atoms with Gasteiger partial charge in [-0.05, 0) is 38.1 Å². The summed E-state index contributed by atoms with van der Waals surface area (Å²) >= 11 is 0. The zero-order valence-electron chi connectivity index (χ0n) is 17.0. The molecule has 1 aromatic carbocycles. The molecule has 1 aromatic heterocycles. The largest absolute Gasteiger partial charge is 0.435 e. The molecule has 1 aliphatic rings. The molecule has 168 valence electrons. The Labute approximate surface area is 175 Å². The lowest BCUT2D eigenvalue weighted by atomic mass is 10.2. The summed E-state index contributed by atoms with van der Waals surface area (Å²) in [5.41, 5.74) is -2.20. The van der Waals surface area contributed by atoms with Crippen LogP contribution in [0.4, 0.5) is 17.6 Å². The van der Waals surface area contributed by atoms with Crippen molar-refractivity contribution in [3.8, 4) is 5.69 Å². The molecule has 2 heterocycles. The maximum atomic E-state index is 13.7. The average Bonchev–Trinajstić information content (AvgIpc) is 3.13. The molecule has 0 aliphatic carbocycles. The van der Waals surface area contributed by atoms with Gasteiger partial charge in [0.05, 0.1) is 12.2 Å². The first-order valence-electron chi connectivity index (χ1n) is 9.66. The van der Waals surface area contributed by atoms with Gasteiger partial charge in [-0.15, -0.1) is 5.10 Å². The van der Waals surface area contributed by atoms with Gasteiger partial charge in [0.25, 0.3) is 5.91 Å². The number of piperazine rings is 1. The number of carbonyl (C=O) groups excluding carboxylic acids is 2. The lowest BCUT2D eigenvalue weighted by molar-refractivity contribution is -0.143. The molecular weight excluding hydrogens is 420 g/mol. The van der Waals surface area contributed by atoms with Crippen molar-refractivity contribution in [3.05, 3.63) is 41.5 Å². The van der Waals surface area contributed by atoms with Crippen molar-refractivity contribution in [2.75, 3.05) is 32.7 Å². The molecular formula is C19H22F4N6O2. The number of rotatable bonds is 5. The number of halogens is 4. The van der Waals surface area contributed by atoms with Crippen LogP contribution in [0.2, 0.25) is 0 Å². The van der Waals surface area contributed by atoms with Crippen molar-refractivity contribution >= 4 is 11.8 Å². The Hall–Kier alpha value is -3.02. The Bertz CT molecular complexity index is 934. The van der Waals surface area contributed by atoms with Crippen LogP contribution in [0.3, 0.4) is 0 Å². The third-order valence-corrected chi connectivity index (χ3v) is 4.69. The molecule has 2 aromatic rings. The normalized spacial score (nSPS) is 15.4. The molecule has 0 spiro atoms. The second-order valence-corrected chi connectivity index (χ2v) is 7.46. The Morgan fingerprint density at radius 3 is 2.26 bits per heavy atom. The van der Waals surface area contributed by atoms with E-state index in [2.05, 4.69) is 15.6 Å². The summed E-state index contributed by atoms with van der Waals surface area (Å²) in [6, 6.07) is 4.23. The number of alkyl halides is 3. The van der Waals surface area contributed by atoms with Gasteiger partial charge in [-0.1, -0.05) is 5.21 Å². The molecule has 8 nitrogen and oxygen atoms in total. The number of nitrogens with one attached hydrogen (secondary N) is 1. The average molecular weight is 442 g/mol. The molecule has 3 rings (SSSR count). The van der Waals surface area contributed by atoms with E-state index < -0.39 is 29.3 Å². The van der Waals surface area contributed by atoms with E-state index >= 15 is 0 Å². The van der Waals surface area contributed by atoms with Gasteiger partial charge in [0.2, 0.25) is 5.91 Å². The van der Waals surface area contributed by atoms with Gasteiger partial charge in [-0.25, -0.2) is 9.07 Å². The third kappa shape index (κ3) is 5.37. The van der Waals surface area contributed by atoms with Crippen LogP contribution in [0.5, 0.6) is 0 Å². The topological polar surface area (TPSA) is 83.4 Å². The molecule has 1 aliphatic heterocycles. The quantitative estimate of drug-likeness (QED) is 0.713. The van der Waals surface area contributed by atoms with Crippen molar-refractivity contribution in [2.45, 2.75) is 26.1 Å². The smallest absolute Gasteiger partial charge is 0.353 e. The molecule has 1 fully saturated rings. The summed E-state index contributed by atoms with van der Waals surface area (Å²) in [7, 11) is 0. The first kappa shape index (κ1) is 22.7. The summed E-state index contributed by atoms with van der Waals surface area (Å²) < 4.78 is 54.9. The number of amides is 2. The summed E-state index contributed by atoms with van der Waals surface area (Å²) in [5, 5.41) is 9.75. The van der Waals surface area contributed by atoms with Gasteiger partial charge in [0.15, 0.2) is 11.4 Å². The third-order valence-electron chi connectivity index (χ3n) is 4.69. The molecule has 0 atom stereocenters. The van der Waals surface area contributed by atoms with Crippen LogP contribution in [0, 0.1) is 5.82 Å². The number of nitrogens with zero attached hydrogens (tertiary/aromatic N) is 5. The van der Waals surface area contributed by atoms with E-state index in [0.29, 0.717) is 17.8 Å². The zero-order chi connectivity index (χ0) is 22.8. The minimum atomic E-state index is -4.90. The fraction of sp³-hybridized carbons (Fsp3) is 0.474. The fourth-order valence-electron chi connectivity index (χ4n) is 3.27. The van der Waals surface area contributed by atoms with Crippen molar-refractivity contribution in [1.29, 1.82) is 0 Å². The molecule has 0 saturated carbocycles. The number of carbonyl (C=O) groups is 2. The molecule has 31 heavy (non-hydrogen) atoms. The highest BCUT2D eigenvalue weighted by atomic mass is 19.4. The second-order valence-electron chi connectivity index (χ2n) is 7.46. The summed E-state index contributed by atoms with van der Waals surface area (Å²) in [5.74, 6) is -1.67. The van der Waals surface area contributed by atoms with Crippen LogP contribution in [0.25, 0.3) is 5.69 Å². The van der Waals surface area contributed by atoms with Crippen LogP contribution >= 0.6 is 0 Å². The molecule has 1 saturated heterocycles. The van der Waals surface area contributed by atoms with E-state index in [1.54, 1.807) is 0 Å². The summed E-state index contributed by atoms with van der Waals surface area (Å²) in [6.07, 6.45) is -4.90. The van der Waals surface area contributed by atoms with E-state index in [1.807, 2.05) is 18.7 Å². The van der Waals surface area contributed by atoms with Gasteiger partial charge in [-0.2, -0.15) is 13.2 Å². The lowest BCUT2D eigenvalue weighted by Gasteiger charge is -2.34. The minimum Gasteiger partial charge on any atom is -0.353 e. The van der Waals surface area contributed by atoms with E-state index in [-0.39, 0.29) is 37.3 Å². The first-order chi connectivity index (χ1) is 14.6. The Balaban J connectivity index is 1.75. The monoisotopic (exact) mass is 442 g/mol.